The van der Waals surface area contributed by atoms with Crippen molar-refractivity contribution in [3.8, 4) is 0 Å². The van der Waals surface area contributed by atoms with Crippen LogP contribution in [0.3, 0.4) is 0 Å². The lowest BCUT2D eigenvalue weighted by atomic mass is 9.90. The molecule has 134 valence electrons. The van der Waals surface area contributed by atoms with Crippen molar-refractivity contribution in [1.29, 1.82) is 0 Å². The molecule has 0 spiro atoms. The molecule has 0 unspecified atom stereocenters. The molecule has 1 aliphatic heterocycles. The van der Waals surface area contributed by atoms with Crippen LogP contribution in [0.1, 0.15) is 49.8 Å². The predicted molar refractivity (Wildman–Crippen MR) is 105 cm³/mol. The normalized spacial score (nSPS) is 16.4. The van der Waals surface area contributed by atoms with E-state index in [9.17, 15) is 0 Å². The number of ether oxygens (including phenoxy) is 1. The number of nitrogens with zero attached hydrogens (tertiary/aromatic N) is 1. The Morgan fingerprint density at radius 2 is 1.44 bits per heavy atom. The quantitative estimate of drug-likeness (QED) is 0.606. The molecule has 0 N–H and O–H groups in total. The molecular weight excluding hydrogens is 306 g/mol. The summed E-state index contributed by atoms with van der Waals surface area (Å²) in [5.74, 6) is 0.820. The molecule has 0 atom stereocenters. The van der Waals surface area contributed by atoms with E-state index in [1.807, 2.05) is 0 Å². The highest BCUT2D eigenvalue weighted by Crippen LogP contribution is 2.33. The summed E-state index contributed by atoms with van der Waals surface area (Å²) in [4.78, 5) is 2.66. The second-order valence-corrected chi connectivity index (χ2v) is 7.10. The molecule has 1 heterocycles. The maximum absolute atomic E-state index is 5.68. The van der Waals surface area contributed by atoms with Gasteiger partial charge in [0.25, 0.3) is 0 Å². The van der Waals surface area contributed by atoms with Gasteiger partial charge in [-0.05, 0) is 55.8 Å². The van der Waals surface area contributed by atoms with Crippen LogP contribution >= 0.6 is 0 Å². The summed E-state index contributed by atoms with van der Waals surface area (Å²) in [5.41, 5.74) is 2.80. The molecule has 1 aliphatic rings. The molecule has 25 heavy (non-hydrogen) atoms. The zero-order chi connectivity index (χ0) is 17.3. The Balaban J connectivity index is 1.63. The van der Waals surface area contributed by atoms with E-state index in [0.29, 0.717) is 6.04 Å². The van der Waals surface area contributed by atoms with E-state index in [0.717, 1.165) is 25.6 Å². The minimum Gasteiger partial charge on any atom is -0.381 e. The molecule has 1 fully saturated rings. The summed E-state index contributed by atoms with van der Waals surface area (Å²) in [7, 11) is 0. The first kappa shape index (κ1) is 18.2. The van der Waals surface area contributed by atoms with Gasteiger partial charge in [-0.2, -0.15) is 0 Å². The molecule has 0 radical (unpaired) electrons. The highest BCUT2D eigenvalue weighted by atomic mass is 16.5. The lowest BCUT2D eigenvalue weighted by molar-refractivity contribution is 0.0945. The third-order valence-electron chi connectivity index (χ3n) is 5.26. The molecule has 0 saturated carbocycles. The Morgan fingerprint density at radius 1 is 0.880 bits per heavy atom. The smallest absolute Gasteiger partial charge is 0.0601 e. The standard InChI is InChI=1S/C23H31NO/c1-2-18-25-19-15-20-13-16-24(17-14-20)23(21-9-5-3-6-10-21)22-11-7-4-8-12-22/h3-12,20,23H,2,13-19H2,1H3. The van der Waals surface area contributed by atoms with Gasteiger partial charge in [0, 0.05) is 13.2 Å². The molecule has 0 aromatic heterocycles. The van der Waals surface area contributed by atoms with E-state index in [-0.39, 0.29) is 0 Å². The van der Waals surface area contributed by atoms with Crippen LogP contribution in [-0.2, 0) is 4.74 Å². The van der Waals surface area contributed by atoms with Gasteiger partial charge >= 0.3 is 0 Å². The van der Waals surface area contributed by atoms with Crippen LogP contribution in [0.5, 0.6) is 0 Å². The Morgan fingerprint density at radius 3 is 1.96 bits per heavy atom. The molecule has 2 nitrogen and oxygen atoms in total. The van der Waals surface area contributed by atoms with E-state index in [4.69, 9.17) is 4.74 Å². The highest BCUT2D eigenvalue weighted by Gasteiger charge is 2.27. The van der Waals surface area contributed by atoms with Gasteiger partial charge in [0.2, 0.25) is 0 Å². The van der Waals surface area contributed by atoms with Crippen LogP contribution in [0.4, 0.5) is 0 Å². The van der Waals surface area contributed by atoms with Gasteiger partial charge in [0.05, 0.1) is 6.04 Å². The Labute approximate surface area is 152 Å². The van der Waals surface area contributed by atoms with Crippen molar-refractivity contribution in [1.82, 2.24) is 4.90 Å². The topological polar surface area (TPSA) is 12.5 Å². The summed E-state index contributed by atoms with van der Waals surface area (Å²) in [5, 5.41) is 0. The van der Waals surface area contributed by atoms with Gasteiger partial charge in [-0.15, -0.1) is 0 Å². The summed E-state index contributed by atoms with van der Waals surface area (Å²) >= 11 is 0. The fourth-order valence-electron chi connectivity index (χ4n) is 3.88. The van der Waals surface area contributed by atoms with E-state index in [1.165, 1.54) is 43.5 Å². The summed E-state index contributed by atoms with van der Waals surface area (Å²) in [6.07, 6.45) is 4.90. The van der Waals surface area contributed by atoms with Crippen molar-refractivity contribution < 1.29 is 4.74 Å². The van der Waals surface area contributed by atoms with Gasteiger partial charge in [-0.25, -0.2) is 0 Å². The lowest BCUT2D eigenvalue weighted by Crippen LogP contribution is -2.37. The van der Waals surface area contributed by atoms with Crippen molar-refractivity contribution in [2.45, 2.75) is 38.6 Å². The molecule has 0 aliphatic carbocycles. The van der Waals surface area contributed by atoms with Gasteiger partial charge in [0.1, 0.15) is 0 Å². The minimum absolute atomic E-state index is 0.375. The van der Waals surface area contributed by atoms with Crippen molar-refractivity contribution >= 4 is 0 Å². The molecule has 3 rings (SSSR count). The van der Waals surface area contributed by atoms with Gasteiger partial charge in [0.15, 0.2) is 0 Å². The van der Waals surface area contributed by atoms with E-state index < -0.39 is 0 Å². The second-order valence-electron chi connectivity index (χ2n) is 7.10. The first-order valence-electron chi connectivity index (χ1n) is 9.80. The fraction of sp³-hybridized carbons (Fsp3) is 0.478. The molecule has 1 saturated heterocycles. The van der Waals surface area contributed by atoms with Crippen molar-refractivity contribution in [2.75, 3.05) is 26.3 Å². The summed E-state index contributed by atoms with van der Waals surface area (Å²) < 4.78 is 5.68. The number of benzene rings is 2. The van der Waals surface area contributed by atoms with Crippen LogP contribution in [-0.4, -0.2) is 31.2 Å². The van der Waals surface area contributed by atoms with E-state index >= 15 is 0 Å². The average Bonchev–Trinajstić information content (AvgIpc) is 2.68. The first-order valence-corrected chi connectivity index (χ1v) is 9.80. The van der Waals surface area contributed by atoms with Gasteiger partial charge < -0.3 is 4.74 Å². The average molecular weight is 338 g/mol. The Hall–Kier alpha value is -1.64. The SMILES string of the molecule is CCCOCCC1CCN(C(c2ccccc2)c2ccccc2)CC1. The van der Waals surface area contributed by atoms with Crippen LogP contribution < -0.4 is 0 Å². The van der Waals surface area contributed by atoms with Gasteiger partial charge in [-0.3, -0.25) is 4.90 Å². The maximum atomic E-state index is 5.68. The monoisotopic (exact) mass is 337 g/mol. The molecule has 2 aromatic carbocycles. The Bertz CT molecular complexity index is 551. The third kappa shape index (κ3) is 5.17. The second kappa shape index (κ2) is 9.74. The minimum atomic E-state index is 0.375. The third-order valence-corrected chi connectivity index (χ3v) is 5.26. The van der Waals surface area contributed by atoms with E-state index in [1.54, 1.807) is 0 Å². The lowest BCUT2D eigenvalue weighted by Gasteiger charge is -2.38. The number of piperidine rings is 1. The van der Waals surface area contributed by atoms with Gasteiger partial charge in [-0.1, -0.05) is 67.6 Å². The van der Waals surface area contributed by atoms with E-state index in [2.05, 4.69) is 72.5 Å². The highest BCUT2D eigenvalue weighted by molar-refractivity contribution is 5.31. The number of likely N-dealkylation sites (tertiary alicyclic amines) is 1. The maximum Gasteiger partial charge on any atom is 0.0601 e. The zero-order valence-electron chi connectivity index (χ0n) is 15.4. The van der Waals surface area contributed by atoms with Crippen LogP contribution in [0.25, 0.3) is 0 Å². The summed E-state index contributed by atoms with van der Waals surface area (Å²) in [6, 6.07) is 22.3. The zero-order valence-corrected chi connectivity index (χ0v) is 15.4. The largest absolute Gasteiger partial charge is 0.381 e. The molecular formula is C23H31NO. The predicted octanol–water partition coefficient (Wildman–Crippen LogP) is 5.30. The van der Waals surface area contributed by atoms with Crippen LogP contribution in [0, 0.1) is 5.92 Å². The first-order chi connectivity index (χ1) is 12.4. The molecule has 2 heteroatoms. The molecule has 0 amide bonds. The fourth-order valence-corrected chi connectivity index (χ4v) is 3.88. The number of rotatable bonds is 8. The summed E-state index contributed by atoms with van der Waals surface area (Å²) in [6.45, 7) is 6.35. The molecule has 0 bridgehead atoms. The van der Waals surface area contributed by atoms with Crippen molar-refractivity contribution in [3.05, 3.63) is 71.8 Å². The Kier molecular flexibility index (Phi) is 7.08. The van der Waals surface area contributed by atoms with Crippen LogP contribution in [0.15, 0.2) is 60.7 Å². The number of hydrogen-bond acceptors (Lipinski definition) is 2. The van der Waals surface area contributed by atoms with Crippen molar-refractivity contribution in [2.24, 2.45) is 5.92 Å². The van der Waals surface area contributed by atoms with Crippen molar-refractivity contribution in [3.63, 3.8) is 0 Å². The van der Waals surface area contributed by atoms with Crippen LogP contribution in [0.2, 0.25) is 0 Å². The molecule has 2 aromatic rings. The number of hydrogen-bond donors (Lipinski definition) is 0.